The first-order chi connectivity index (χ1) is 13.0. The predicted octanol–water partition coefficient (Wildman–Crippen LogP) is 1.92. The second-order valence-electron chi connectivity index (χ2n) is 8.09. The summed E-state index contributed by atoms with van der Waals surface area (Å²) < 4.78 is 0. The maximum atomic E-state index is 13.1. The Morgan fingerprint density at radius 3 is 2.56 bits per heavy atom. The molecule has 4 rings (SSSR count). The average molecular weight is 372 g/mol. The molecule has 1 saturated carbocycles. The molecule has 27 heavy (non-hydrogen) atoms. The summed E-state index contributed by atoms with van der Waals surface area (Å²) in [5.41, 5.74) is 1.26. The SMILES string of the molecule is CC(=O)N1CCc2c(nc(C3CCCCN3C(=O)C3CCCC3)[nH]c2=O)C1. The lowest BCUT2D eigenvalue weighted by Gasteiger charge is -2.37. The lowest BCUT2D eigenvalue weighted by Crippen LogP contribution is -2.43. The first-order valence-corrected chi connectivity index (χ1v) is 10.2. The number of rotatable bonds is 2. The largest absolute Gasteiger partial charge is 0.337 e. The Hall–Kier alpha value is -2.18. The molecule has 0 spiro atoms. The average Bonchev–Trinajstić information content (AvgIpc) is 3.21. The third kappa shape index (κ3) is 3.51. The predicted molar refractivity (Wildman–Crippen MR) is 99.9 cm³/mol. The third-order valence-electron chi connectivity index (χ3n) is 6.34. The number of nitrogens with one attached hydrogen (secondary N) is 1. The van der Waals surface area contributed by atoms with Gasteiger partial charge in [0, 0.05) is 31.5 Å². The number of carbonyl (C=O) groups is 2. The van der Waals surface area contributed by atoms with E-state index in [9.17, 15) is 14.4 Å². The number of amides is 2. The molecule has 7 heteroatoms. The molecule has 0 aromatic carbocycles. The fourth-order valence-corrected chi connectivity index (χ4v) is 4.77. The summed E-state index contributed by atoms with van der Waals surface area (Å²) in [6.07, 6.45) is 7.60. The second kappa shape index (κ2) is 7.44. The molecule has 1 aromatic heterocycles. The van der Waals surface area contributed by atoms with E-state index in [1.54, 1.807) is 11.8 Å². The molecular formula is C20H28N4O3. The molecule has 1 aliphatic carbocycles. The van der Waals surface area contributed by atoms with Crippen LogP contribution in [0, 0.1) is 5.92 Å². The minimum atomic E-state index is -0.155. The molecular weight excluding hydrogens is 344 g/mol. The summed E-state index contributed by atoms with van der Waals surface area (Å²) in [7, 11) is 0. The molecule has 2 fully saturated rings. The Labute approximate surface area is 159 Å². The van der Waals surface area contributed by atoms with Gasteiger partial charge in [0.1, 0.15) is 5.82 Å². The molecule has 0 radical (unpaired) electrons. The van der Waals surface area contributed by atoms with Gasteiger partial charge >= 0.3 is 0 Å². The number of likely N-dealkylation sites (tertiary alicyclic amines) is 1. The third-order valence-corrected chi connectivity index (χ3v) is 6.34. The Kier molecular flexibility index (Phi) is 5.02. The highest BCUT2D eigenvalue weighted by molar-refractivity contribution is 5.79. The first-order valence-electron chi connectivity index (χ1n) is 10.2. The molecule has 1 atom stereocenters. The van der Waals surface area contributed by atoms with Crippen LogP contribution in [0.2, 0.25) is 0 Å². The van der Waals surface area contributed by atoms with Gasteiger partial charge in [0.2, 0.25) is 11.8 Å². The number of H-pyrrole nitrogens is 1. The van der Waals surface area contributed by atoms with E-state index in [4.69, 9.17) is 4.98 Å². The number of hydrogen-bond donors (Lipinski definition) is 1. The smallest absolute Gasteiger partial charge is 0.254 e. The number of piperidine rings is 1. The van der Waals surface area contributed by atoms with Gasteiger partial charge in [-0.05, 0) is 38.5 Å². The van der Waals surface area contributed by atoms with Crippen LogP contribution < -0.4 is 5.56 Å². The molecule has 7 nitrogen and oxygen atoms in total. The van der Waals surface area contributed by atoms with Crippen molar-refractivity contribution < 1.29 is 9.59 Å². The minimum Gasteiger partial charge on any atom is -0.337 e. The molecule has 0 bridgehead atoms. The van der Waals surface area contributed by atoms with Crippen molar-refractivity contribution in [2.75, 3.05) is 13.1 Å². The normalized spacial score (nSPS) is 23.4. The van der Waals surface area contributed by atoms with E-state index in [-0.39, 0.29) is 29.3 Å². The van der Waals surface area contributed by atoms with Crippen LogP contribution in [0.3, 0.4) is 0 Å². The van der Waals surface area contributed by atoms with Gasteiger partial charge in [0.25, 0.3) is 5.56 Å². The topological polar surface area (TPSA) is 86.4 Å². The standard InChI is InChI=1S/C20H28N4O3/c1-13(25)23-11-9-15-16(12-23)21-18(22-19(15)26)17-8-4-5-10-24(17)20(27)14-6-2-3-7-14/h14,17H,2-12H2,1H3,(H,21,22,26). The van der Waals surface area contributed by atoms with Crippen LogP contribution in [0.15, 0.2) is 4.79 Å². The number of carbonyl (C=O) groups excluding carboxylic acids is 2. The van der Waals surface area contributed by atoms with Gasteiger partial charge in [0.15, 0.2) is 0 Å². The maximum absolute atomic E-state index is 13.1. The van der Waals surface area contributed by atoms with Crippen LogP contribution in [-0.2, 0) is 22.6 Å². The van der Waals surface area contributed by atoms with E-state index in [0.29, 0.717) is 36.6 Å². The minimum absolute atomic E-state index is 0.0000132. The summed E-state index contributed by atoms with van der Waals surface area (Å²) in [5.74, 6) is 0.946. The monoisotopic (exact) mass is 372 g/mol. The molecule has 2 amide bonds. The van der Waals surface area contributed by atoms with Crippen molar-refractivity contribution in [2.45, 2.75) is 70.9 Å². The van der Waals surface area contributed by atoms with E-state index in [1.165, 1.54) is 0 Å². The van der Waals surface area contributed by atoms with Crippen molar-refractivity contribution in [2.24, 2.45) is 5.92 Å². The number of aromatic nitrogens is 2. The van der Waals surface area contributed by atoms with Gasteiger partial charge < -0.3 is 14.8 Å². The van der Waals surface area contributed by atoms with Crippen molar-refractivity contribution in [3.05, 3.63) is 27.4 Å². The summed E-state index contributed by atoms with van der Waals surface area (Å²) in [5, 5.41) is 0. The van der Waals surface area contributed by atoms with Gasteiger partial charge in [-0.25, -0.2) is 4.98 Å². The molecule has 2 aliphatic heterocycles. The molecule has 1 unspecified atom stereocenters. The van der Waals surface area contributed by atoms with Crippen LogP contribution in [0.1, 0.15) is 75.0 Å². The van der Waals surface area contributed by atoms with Crippen LogP contribution in [-0.4, -0.2) is 44.7 Å². The number of aromatic amines is 1. The highest BCUT2D eigenvalue weighted by Gasteiger charge is 2.35. The van der Waals surface area contributed by atoms with E-state index in [0.717, 1.165) is 51.5 Å². The highest BCUT2D eigenvalue weighted by Crippen LogP contribution is 2.34. The number of nitrogens with zero attached hydrogens (tertiary/aromatic N) is 3. The first kappa shape index (κ1) is 18.2. The maximum Gasteiger partial charge on any atom is 0.254 e. The summed E-state index contributed by atoms with van der Waals surface area (Å²) >= 11 is 0. The van der Waals surface area contributed by atoms with Gasteiger partial charge in [-0.15, -0.1) is 0 Å². The molecule has 1 saturated heterocycles. The van der Waals surface area contributed by atoms with Gasteiger partial charge in [-0.2, -0.15) is 0 Å². The zero-order valence-corrected chi connectivity index (χ0v) is 16.0. The zero-order chi connectivity index (χ0) is 19.0. The van der Waals surface area contributed by atoms with E-state index >= 15 is 0 Å². The van der Waals surface area contributed by atoms with Crippen LogP contribution in [0.25, 0.3) is 0 Å². The van der Waals surface area contributed by atoms with Gasteiger partial charge in [-0.1, -0.05) is 12.8 Å². The van der Waals surface area contributed by atoms with Crippen LogP contribution in [0.5, 0.6) is 0 Å². The zero-order valence-electron chi connectivity index (χ0n) is 16.0. The molecule has 3 aliphatic rings. The fraction of sp³-hybridized carbons (Fsp3) is 0.700. The van der Waals surface area contributed by atoms with Crippen molar-refractivity contribution in [1.82, 2.24) is 19.8 Å². The van der Waals surface area contributed by atoms with Crippen LogP contribution >= 0.6 is 0 Å². The van der Waals surface area contributed by atoms with Gasteiger partial charge in [-0.3, -0.25) is 14.4 Å². The Bertz CT molecular complexity index is 797. The lowest BCUT2D eigenvalue weighted by molar-refractivity contribution is -0.139. The highest BCUT2D eigenvalue weighted by atomic mass is 16.2. The van der Waals surface area contributed by atoms with Crippen molar-refractivity contribution in [1.29, 1.82) is 0 Å². The number of fused-ring (bicyclic) bond motifs is 1. The Morgan fingerprint density at radius 2 is 1.81 bits per heavy atom. The van der Waals surface area contributed by atoms with Crippen molar-refractivity contribution in [3.8, 4) is 0 Å². The van der Waals surface area contributed by atoms with E-state index < -0.39 is 0 Å². The van der Waals surface area contributed by atoms with E-state index in [1.807, 2.05) is 4.90 Å². The quantitative estimate of drug-likeness (QED) is 0.859. The second-order valence-corrected chi connectivity index (χ2v) is 8.09. The lowest BCUT2D eigenvalue weighted by atomic mass is 9.97. The number of hydrogen-bond acceptors (Lipinski definition) is 4. The molecule has 1 N–H and O–H groups in total. The molecule has 146 valence electrons. The van der Waals surface area contributed by atoms with Gasteiger partial charge in [0.05, 0.1) is 18.3 Å². The summed E-state index contributed by atoms with van der Waals surface area (Å²) in [6, 6.07) is -0.155. The molecule has 3 heterocycles. The Morgan fingerprint density at radius 1 is 1.07 bits per heavy atom. The van der Waals surface area contributed by atoms with Crippen molar-refractivity contribution in [3.63, 3.8) is 0 Å². The summed E-state index contributed by atoms with van der Waals surface area (Å²) in [6.45, 7) is 3.22. The molecule has 1 aromatic rings. The van der Waals surface area contributed by atoms with E-state index in [2.05, 4.69) is 4.98 Å². The Balaban J connectivity index is 1.63. The fourth-order valence-electron chi connectivity index (χ4n) is 4.77. The van der Waals surface area contributed by atoms with Crippen molar-refractivity contribution >= 4 is 11.8 Å². The summed E-state index contributed by atoms with van der Waals surface area (Å²) in [4.78, 5) is 48.8. The van der Waals surface area contributed by atoms with Crippen LogP contribution in [0.4, 0.5) is 0 Å².